The molecule has 5 nitrogen and oxygen atoms in total. The molecule has 0 bridgehead atoms. The van der Waals surface area contributed by atoms with E-state index in [-0.39, 0.29) is 17.7 Å². The zero-order valence-corrected chi connectivity index (χ0v) is 15.9. The largest absolute Gasteiger partial charge is 0.492 e. The molecule has 0 aliphatic carbocycles. The fourth-order valence-corrected chi connectivity index (χ4v) is 3.39. The van der Waals surface area contributed by atoms with E-state index < -0.39 is 0 Å². The van der Waals surface area contributed by atoms with E-state index in [2.05, 4.69) is 5.32 Å². The van der Waals surface area contributed by atoms with Gasteiger partial charge in [0, 0.05) is 24.6 Å². The van der Waals surface area contributed by atoms with Gasteiger partial charge in [-0.05, 0) is 51.0 Å². The number of hydrogen-bond donors (Lipinski definition) is 1. The van der Waals surface area contributed by atoms with Gasteiger partial charge in [0.2, 0.25) is 5.91 Å². The Morgan fingerprint density at radius 2 is 1.85 bits per heavy atom. The normalized spacial score (nSPS) is 14.7. The first kappa shape index (κ1) is 19.0. The highest BCUT2D eigenvalue weighted by atomic mass is 16.5. The number of hydrogen-bond acceptors (Lipinski definition) is 3. The third-order valence-electron chi connectivity index (χ3n) is 4.86. The molecule has 1 heterocycles. The van der Waals surface area contributed by atoms with Crippen LogP contribution < -0.4 is 10.1 Å². The first-order chi connectivity index (χ1) is 13.1. The van der Waals surface area contributed by atoms with E-state index in [1.807, 2.05) is 67.3 Å². The number of carbonyl (C=O) groups is 2. The van der Waals surface area contributed by atoms with Crippen molar-refractivity contribution in [2.45, 2.75) is 26.7 Å². The van der Waals surface area contributed by atoms with E-state index in [0.29, 0.717) is 49.5 Å². The molecule has 2 aromatic rings. The fraction of sp³-hybridized carbons (Fsp3) is 0.364. The van der Waals surface area contributed by atoms with Crippen LogP contribution in [0, 0.1) is 12.8 Å². The van der Waals surface area contributed by atoms with Crippen molar-refractivity contribution in [3.8, 4) is 5.75 Å². The Hall–Kier alpha value is -2.82. The number of amides is 2. The van der Waals surface area contributed by atoms with Crippen molar-refractivity contribution >= 4 is 17.5 Å². The molecule has 0 aromatic heterocycles. The van der Waals surface area contributed by atoms with Crippen LogP contribution in [0.3, 0.4) is 0 Å². The number of carbonyl (C=O) groups excluding carboxylic acids is 2. The summed E-state index contributed by atoms with van der Waals surface area (Å²) in [5.41, 5.74) is 2.48. The van der Waals surface area contributed by atoms with Crippen molar-refractivity contribution in [2.75, 3.05) is 25.0 Å². The van der Waals surface area contributed by atoms with E-state index in [9.17, 15) is 9.59 Å². The zero-order valence-electron chi connectivity index (χ0n) is 15.9. The lowest BCUT2D eigenvalue weighted by Crippen LogP contribution is -2.41. The van der Waals surface area contributed by atoms with E-state index in [0.717, 1.165) is 5.56 Å². The Morgan fingerprint density at radius 1 is 1.11 bits per heavy atom. The lowest BCUT2D eigenvalue weighted by Gasteiger charge is -2.31. The van der Waals surface area contributed by atoms with Gasteiger partial charge in [0.05, 0.1) is 12.3 Å². The summed E-state index contributed by atoms with van der Waals surface area (Å²) < 4.78 is 5.56. The number of likely N-dealkylation sites (tertiary alicyclic amines) is 1. The molecule has 1 N–H and O–H groups in total. The summed E-state index contributed by atoms with van der Waals surface area (Å²) in [6.45, 7) is 5.63. The molecule has 2 amide bonds. The molecule has 142 valence electrons. The maximum absolute atomic E-state index is 12.6. The van der Waals surface area contributed by atoms with E-state index in [1.165, 1.54) is 0 Å². The van der Waals surface area contributed by atoms with Gasteiger partial charge in [0.25, 0.3) is 5.91 Å². The van der Waals surface area contributed by atoms with Gasteiger partial charge in [-0.15, -0.1) is 0 Å². The third-order valence-corrected chi connectivity index (χ3v) is 4.86. The lowest BCUT2D eigenvalue weighted by molar-refractivity contribution is -0.121. The summed E-state index contributed by atoms with van der Waals surface area (Å²) in [5, 5.41) is 2.98. The zero-order chi connectivity index (χ0) is 19.2. The third kappa shape index (κ3) is 4.67. The van der Waals surface area contributed by atoms with Gasteiger partial charge in [-0.1, -0.05) is 29.8 Å². The number of benzene rings is 2. The maximum Gasteiger partial charge on any atom is 0.253 e. The van der Waals surface area contributed by atoms with Crippen molar-refractivity contribution in [3.63, 3.8) is 0 Å². The maximum atomic E-state index is 12.6. The standard InChI is InChI=1S/C22H26N2O3/c1-3-27-20-10-5-4-9-19(20)23-21(25)17-11-13-24(14-12-17)22(26)18-8-6-7-16(2)15-18/h4-10,15,17H,3,11-14H2,1-2H3,(H,23,25). The summed E-state index contributed by atoms with van der Waals surface area (Å²) >= 11 is 0. The minimum atomic E-state index is -0.0961. The molecule has 2 aromatic carbocycles. The number of rotatable bonds is 5. The molecule has 0 saturated carbocycles. The predicted molar refractivity (Wildman–Crippen MR) is 106 cm³/mol. The van der Waals surface area contributed by atoms with Crippen LogP contribution in [0.15, 0.2) is 48.5 Å². The molecule has 0 radical (unpaired) electrons. The van der Waals surface area contributed by atoms with Crippen LogP contribution >= 0.6 is 0 Å². The van der Waals surface area contributed by atoms with E-state index >= 15 is 0 Å². The molecule has 27 heavy (non-hydrogen) atoms. The van der Waals surface area contributed by atoms with Gasteiger partial charge in [-0.3, -0.25) is 9.59 Å². The van der Waals surface area contributed by atoms with Crippen LogP contribution in [0.1, 0.15) is 35.7 Å². The molecular weight excluding hydrogens is 340 g/mol. The van der Waals surface area contributed by atoms with Crippen molar-refractivity contribution in [1.29, 1.82) is 0 Å². The monoisotopic (exact) mass is 366 g/mol. The van der Waals surface area contributed by atoms with Crippen LogP contribution in [0.25, 0.3) is 0 Å². The average molecular weight is 366 g/mol. The Morgan fingerprint density at radius 3 is 2.56 bits per heavy atom. The van der Waals surface area contributed by atoms with Gasteiger partial charge in [-0.25, -0.2) is 0 Å². The number of nitrogens with one attached hydrogen (secondary N) is 1. The SMILES string of the molecule is CCOc1ccccc1NC(=O)C1CCN(C(=O)c2cccc(C)c2)CC1. The number of piperidine rings is 1. The van der Waals surface area contributed by atoms with Gasteiger partial charge in [-0.2, -0.15) is 0 Å². The number of nitrogens with zero attached hydrogens (tertiary/aromatic N) is 1. The molecule has 5 heteroatoms. The Balaban J connectivity index is 1.57. The van der Waals surface area contributed by atoms with Gasteiger partial charge >= 0.3 is 0 Å². The number of anilines is 1. The quantitative estimate of drug-likeness (QED) is 0.873. The van der Waals surface area contributed by atoms with Crippen LogP contribution in [0.2, 0.25) is 0 Å². The summed E-state index contributed by atoms with van der Waals surface area (Å²) in [6.07, 6.45) is 1.33. The Kier molecular flexibility index (Phi) is 6.12. The van der Waals surface area contributed by atoms with Crippen molar-refractivity contribution in [3.05, 3.63) is 59.7 Å². The van der Waals surface area contributed by atoms with Crippen molar-refractivity contribution in [1.82, 2.24) is 4.90 Å². The molecule has 1 saturated heterocycles. The second-order valence-corrected chi connectivity index (χ2v) is 6.85. The van der Waals surface area contributed by atoms with Crippen LogP contribution in [0.5, 0.6) is 5.75 Å². The minimum absolute atomic E-state index is 0.00944. The van der Waals surface area contributed by atoms with E-state index in [4.69, 9.17) is 4.74 Å². The minimum Gasteiger partial charge on any atom is -0.492 e. The molecule has 0 spiro atoms. The molecule has 1 aliphatic rings. The summed E-state index contributed by atoms with van der Waals surface area (Å²) in [5.74, 6) is 0.616. The smallest absolute Gasteiger partial charge is 0.253 e. The molecular formula is C22H26N2O3. The second-order valence-electron chi connectivity index (χ2n) is 6.85. The first-order valence-electron chi connectivity index (χ1n) is 9.47. The topological polar surface area (TPSA) is 58.6 Å². The second kappa shape index (κ2) is 8.71. The van der Waals surface area contributed by atoms with Gasteiger partial charge in [0.15, 0.2) is 0 Å². The highest BCUT2D eigenvalue weighted by Crippen LogP contribution is 2.26. The Bertz CT molecular complexity index is 811. The predicted octanol–water partition coefficient (Wildman–Crippen LogP) is 3.88. The van der Waals surface area contributed by atoms with Gasteiger partial charge in [0.1, 0.15) is 5.75 Å². The Labute approximate surface area is 160 Å². The molecule has 1 aliphatic heterocycles. The number of aryl methyl sites for hydroxylation is 1. The highest BCUT2D eigenvalue weighted by molar-refractivity contribution is 5.96. The summed E-state index contributed by atoms with van der Waals surface area (Å²) in [7, 11) is 0. The highest BCUT2D eigenvalue weighted by Gasteiger charge is 2.28. The lowest BCUT2D eigenvalue weighted by atomic mass is 9.95. The molecule has 0 unspecified atom stereocenters. The van der Waals surface area contributed by atoms with Crippen LogP contribution in [-0.2, 0) is 4.79 Å². The summed E-state index contributed by atoms with van der Waals surface area (Å²) in [6, 6.07) is 15.1. The number of para-hydroxylation sites is 2. The first-order valence-corrected chi connectivity index (χ1v) is 9.47. The van der Waals surface area contributed by atoms with Crippen LogP contribution in [0.4, 0.5) is 5.69 Å². The van der Waals surface area contributed by atoms with Crippen LogP contribution in [-0.4, -0.2) is 36.4 Å². The van der Waals surface area contributed by atoms with Gasteiger partial charge < -0.3 is 15.0 Å². The fourth-order valence-electron chi connectivity index (χ4n) is 3.39. The molecule has 3 rings (SSSR count). The van der Waals surface area contributed by atoms with Crippen molar-refractivity contribution in [2.24, 2.45) is 5.92 Å². The van der Waals surface area contributed by atoms with E-state index in [1.54, 1.807) is 0 Å². The number of ether oxygens (including phenoxy) is 1. The van der Waals surface area contributed by atoms with Crippen molar-refractivity contribution < 1.29 is 14.3 Å². The molecule has 0 atom stereocenters. The molecule has 1 fully saturated rings. The summed E-state index contributed by atoms with van der Waals surface area (Å²) in [4.78, 5) is 27.1. The average Bonchev–Trinajstić information content (AvgIpc) is 2.69.